The SMILES string of the molecule is CC1CCOC1C(O)c1ccc(C(F)(F)F)c(F)c1. The minimum Gasteiger partial charge on any atom is -0.386 e. The topological polar surface area (TPSA) is 29.5 Å². The number of benzene rings is 1. The first-order chi connectivity index (χ1) is 8.80. The number of hydrogen-bond donors (Lipinski definition) is 1. The van der Waals surface area contributed by atoms with E-state index in [0.717, 1.165) is 18.6 Å². The van der Waals surface area contributed by atoms with Gasteiger partial charge in [-0.05, 0) is 30.0 Å². The van der Waals surface area contributed by atoms with Gasteiger partial charge in [0.05, 0.1) is 11.7 Å². The van der Waals surface area contributed by atoms with Crippen LogP contribution in [-0.2, 0) is 10.9 Å². The van der Waals surface area contributed by atoms with Crippen molar-refractivity contribution in [2.24, 2.45) is 5.92 Å². The van der Waals surface area contributed by atoms with Gasteiger partial charge in [0.1, 0.15) is 11.9 Å². The highest BCUT2D eigenvalue weighted by Gasteiger charge is 2.36. The third-order valence-corrected chi connectivity index (χ3v) is 3.40. The Morgan fingerprint density at radius 1 is 1.37 bits per heavy atom. The van der Waals surface area contributed by atoms with Crippen molar-refractivity contribution in [1.82, 2.24) is 0 Å². The van der Waals surface area contributed by atoms with E-state index < -0.39 is 29.8 Å². The van der Waals surface area contributed by atoms with E-state index >= 15 is 0 Å². The summed E-state index contributed by atoms with van der Waals surface area (Å²) >= 11 is 0. The molecule has 19 heavy (non-hydrogen) atoms. The van der Waals surface area contributed by atoms with Gasteiger partial charge in [0.25, 0.3) is 0 Å². The van der Waals surface area contributed by atoms with Gasteiger partial charge in [-0.25, -0.2) is 4.39 Å². The molecule has 1 saturated heterocycles. The average molecular weight is 278 g/mol. The van der Waals surface area contributed by atoms with E-state index in [0.29, 0.717) is 12.7 Å². The lowest BCUT2D eigenvalue weighted by molar-refractivity contribution is -0.140. The Morgan fingerprint density at radius 2 is 2.05 bits per heavy atom. The zero-order valence-corrected chi connectivity index (χ0v) is 10.2. The fraction of sp³-hybridized carbons (Fsp3) is 0.538. The molecule has 0 radical (unpaired) electrons. The molecule has 0 saturated carbocycles. The molecule has 3 atom stereocenters. The minimum atomic E-state index is -4.73. The maximum Gasteiger partial charge on any atom is 0.419 e. The maximum absolute atomic E-state index is 13.4. The minimum absolute atomic E-state index is 0.0837. The molecule has 1 aromatic rings. The van der Waals surface area contributed by atoms with Crippen molar-refractivity contribution in [3.63, 3.8) is 0 Å². The lowest BCUT2D eigenvalue weighted by Gasteiger charge is -2.22. The van der Waals surface area contributed by atoms with E-state index in [2.05, 4.69) is 0 Å². The Balaban J connectivity index is 2.24. The summed E-state index contributed by atoms with van der Waals surface area (Å²) in [5.41, 5.74) is -1.23. The largest absolute Gasteiger partial charge is 0.419 e. The summed E-state index contributed by atoms with van der Waals surface area (Å²) in [7, 11) is 0. The molecule has 0 aromatic heterocycles. The Bertz CT molecular complexity index is 458. The van der Waals surface area contributed by atoms with Crippen LogP contribution in [0.2, 0.25) is 0 Å². The van der Waals surface area contributed by atoms with Crippen LogP contribution < -0.4 is 0 Å². The van der Waals surface area contributed by atoms with Gasteiger partial charge in [-0.3, -0.25) is 0 Å². The number of aliphatic hydroxyl groups excluding tert-OH is 1. The van der Waals surface area contributed by atoms with Crippen molar-refractivity contribution < 1.29 is 27.4 Å². The molecule has 2 rings (SSSR count). The van der Waals surface area contributed by atoms with Crippen molar-refractivity contribution >= 4 is 0 Å². The third kappa shape index (κ3) is 2.90. The summed E-state index contributed by atoms with van der Waals surface area (Å²) in [6.07, 6.45) is -5.58. The molecule has 6 heteroatoms. The smallest absolute Gasteiger partial charge is 0.386 e. The van der Waals surface area contributed by atoms with Crippen LogP contribution >= 0.6 is 0 Å². The van der Waals surface area contributed by atoms with Gasteiger partial charge in [-0.2, -0.15) is 13.2 Å². The van der Waals surface area contributed by atoms with E-state index in [-0.39, 0.29) is 11.5 Å². The average Bonchev–Trinajstić information content (AvgIpc) is 2.72. The van der Waals surface area contributed by atoms with Crippen LogP contribution in [0.15, 0.2) is 18.2 Å². The Hall–Kier alpha value is -1.14. The van der Waals surface area contributed by atoms with Gasteiger partial charge in [0, 0.05) is 6.61 Å². The molecule has 0 amide bonds. The second kappa shape index (κ2) is 5.09. The number of rotatable bonds is 2. The summed E-state index contributed by atoms with van der Waals surface area (Å²) in [6.45, 7) is 2.37. The van der Waals surface area contributed by atoms with Crippen LogP contribution in [0.1, 0.15) is 30.6 Å². The van der Waals surface area contributed by atoms with E-state index in [1.54, 1.807) is 0 Å². The van der Waals surface area contributed by atoms with Crippen LogP contribution in [0.5, 0.6) is 0 Å². The fourth-order valence-corrected chi connectivity index (χ4v) is 2.26. The van der Waals surface area contributed by atoms with E-state index in [9.17, 15) is 22.7 Å². The number of alkyl halides is 3. The first-order valence-corrected chi connectivity index (χ1v) is 5.97. The fourth-order valence-electron chi connectivity index (χ4n) is 2.26. The first-order valence-electron chi connectivity index (χ1n) is 5.97. The summed E-state index contributed by atoms with van der Waals surface area (Å²) in [4.78, 5) is 0. The van der Waals surface area contributed by atoms with Crippen molar-refractivity contribution in [2.75, 3.05) is 6.61 Å². The van der Waals surface area contributed by atoms with Gasteiger partial charge in [-0.15, -0.1) is 0 Å². The Morgan fingerprint density at radius 3 is 2.53 bits per heavy atom. The van der Waals surface area contributed by atoms with Gasteiger partial charge >= 0.3 is 6.18 Å². The van der Waals surface area contributed by atoms with Crippen molar-refractivity contribution in [2.45, 2.75) is 31.7 Å². The van der Waals surface area contributed by atoms with Crippen molar-refractivity contribution in [3.8, 4) is 0 Å². The van der Waals surface area contributed by atoms with Crippen LogP contribution in [0.25, 0.3) is 0 Å². The molecular formula is C13H14F4O2. The standard InChI is InChI=1S/C13H14F4O2/c1-7-4-5-19-12(7)11(18)8-2-3-9(10(14)6-8)13(15,16)17/h2-3,6-7,11-12,18H,4-5H2,1H3. The third-order valence-electron chi connectivity index (χ3n) is 3.40. The molecule has 1 N–H and O–H groups in total. The molecule has 106 valence electrons. The molecule has 0 bridgehead atoms. The van der Waals surface area contributed by atoms with Crippen molar-refractivity contribution in [1.29, 1.82) is 0 Å². The van der Waals surface area contributed by atoms with Crippen molar-refractivity contribution in [3.05, 3.63) is 35.1 Å². The van der Waals surface area contributed by atoms with Crippen LogP contribution in [0.3, 0.4) is 0 Å². The lowest BCUT2D eigenvalue weighted by Crippen LogP contribution is -2.23. The molecule has 0 spiro atoms. The molecular weight excluding hydrogens is 264 g/mol. The molecule has 1 aromatic carbocycles. The van der Waals surface area contributed by atoms with Crippen LogP contribution in [0, 0.1) is 11.7 Å². The number of ether oxygens (including phenoxy) is 1. The lowest BCUT2D eigenvalue weighted by atomic mass is 9.94. The monoisotopic (exact) mass is 278 g/mol. The van der Waals surface area contributed by atoms with Gasteiger partial charge < -0.3 is 9.84 Å². The van der Waals surface area contributed by atoms with E-state index in [4.69, 9.17) is 4.74 Å². The maximum atomic E-state index is 13.4. The predicted octanol–water partition coefficient (Wildman–Crippen LogP) is 3.30. The summed E-state index contributed by atoms with van der Waals surface area (Å²) in [5, 5.41) is 10.0. The number of aliphatic hydroxyl groups is 1. The zero-order chi connectivity index (χ0) is 14.2. The molecule has 1 aliphatic heterocycles. The predicted molar refractivity (Wildman–Crippen MR) is 59.9 cm³/mol. The van der Waals surface area contributed by atoms with E-state index in [1.807, 2.05) is 6.92 Å². The Labute approximate surface area is 108 Å². The van der Waals surface area contributed by atoms with Gasteiger partial charge in [0.2, 0.25) is 0 Å². The number of halogens is 4. The molecule has 1 heterocycles. The second-order valence-corrected chi connectivity index (χ2v) is 4.78. The highest BCUT2D eigenvalue weighted by Crippen LogP contribution is 2.35. The highest BCUT2D eigenvalue weighted by molar-refractivity contribution is 5.28. The zero-order valence-electron chi connectivity index (χ0n) is 10.2. The van der Waals surface area contributed by atoms with Gasteiger partial charge in [0.15, 0.2) is 0 Å². The number of hydrogen-bond acceptors (Lipinski definition) is 2. The molecule has 3 unspecified atom stereocenters. The molecule has 0 aliphatic carbocycles. The molecule has 1 fully saturated rings. The second-order valence-electron chi connectivity index (χ2n) is 4.78. The molecule has 2 nitrogen and oxygen atoms in total. The molecule has 1 aliphatic rings. The van der Waals surface area contributed by atoms with Crippen LogP contribution in [0.4, 0.5) is 17.6 Å². The quantitative estimate of drug-likeness (QED) is 0.841. The summed E-state index contributed by atoms with van der Waals surface area (Å²) in [5.74, 6) is -1.30. The summed E-state index contributed by atoms with van der Waals surface area (Å²) < 4.78 is 56.0. The summed E-state index contributed by atoms with van der Waals surface area (Å²) in [6, 6.07) is 2.46. The Kier molecular flexibility index (Phi) is 3.82. The van der Waals surface area contributed by atoms with E-state index in [1.165, 1.54) is 0 Å². The van der Waals surface area contributed by atoms with Crippen LogP contribution in [-0.4, -0.2) is 17.8 Å². The van der Waals surface area contributed by atoms with Gasteiger partial charge in [-0.1, -0.05) is 13.0 Å². The normalized spacial score (nSPS) is 25.6. The highest BCUT2D eigenvalue weighted by atomic mass is 19.4. The first kappa shape index (κ1) is 14.3.